The molecule has 10 heteroatoms. The Morgan fingerprint density at radius 1 is 1.09 bits per heavy atom. The lowest BCUT2D eigenvalue weighted by Crippen LogP contribution is -2.13. The smallest absolute Gasteiger partial charge is 0.274 e. The molecule has 0 bridgehead atoms. The first kappa shape index (κ1) is 22.8. The molecular weight excluding hydrogens is 468 g/mol. The van der Waals surface area contributed by atoms with E-state index in [0.29, 0.717) is 28.3 Å². The lowest BCUT2D eigenvalue weighted by molar-refractivity contribution is 0.328. The minimum atomic E-state index is -4.31. The van der Waals surface area contributed by atoms with Gasteiger partial charge in [-0.3, -0.25) is 0 Å². The van der Waals surface area contributed by atoms with Crippen molar-refractivity contribution in [1.29, 1.82) is 0 Å². The molecule has 0 unspecified atom stereocenters. The maximum Gasteiger partial charge on any atom is 0.274 e. The average Bonchev–Trinajstić information content (AvgIpc) is 3.10. The molecule has 0 spiro atoms. The Balaban J connectivity index is 2.06. The average molecular weight is 489 g/mol. The van der Waals surface area contributed by atoms with Crippen LogP contribution in [0.3, 0.4) is 0 Å². The van der Waals surface area contributed by atoms with Crippen molar-refractivity contribution in [3.05, 3.63) is 59.8 Å². The van der Waals surface area contributed by atoms with E-state index in [4.69, 9.17) is 25.8 Å². The number of pyridine rings is 1. The van der Waals surface area contributed by atoms with Crippen molar-refractivity contribution in [2.45, 2.75) is 11.8 Å². The third-order valence-electron chi connectivity index (χ3n) is 5.07. The first-order chi connectivity index (χ1) is 15.8. The van der Waals surface area contributed by atoms with Crippen LogP contribution in [-0.4, -0.2) is 43.3 Å². The van der Waals surface area contributed by atoms with Gasteiger partial charge in [-0.1, -0.05) is 11.6 Å². The van der Waals surface area contributed by atoms with E-state index in [0.717, 1.165) is 3.97 Å². The molecule has 0 aliphatic rings. The molecule has 172 valence electrons. The summed E-state index contributed by atoms with van der Waals surface area (Å²) in [5.74, 6) is 0.256. The summed E-state index contributed by atoms with van der Waals surface area (Å²) in [5, 5.41) is 12.1. The minimum Gasteiger partial charge on any atom is -0.497 e. The van der Waals surface area contributed by atoms with Crippen molar-refractivity contribution in [2.75, 3.05) is 20.8 Å². The molecule has 0 amide bonds. The number of hydrogen-bond donors (Lipinski definition) is 1. The number of ether oxygens (including phenoxy) is 3. The Kier molecular flexibility index (Phi) is 6.09. The van der Waals surface area contributed by atoms with Crippen LogP contribution >= 0.6 is 11.6 Å². The van der Waals surface area contributed by atoms with Crippen LogP contribution in [0, 0.1) is 0 Å². The quantitative estimate of drug-likeness (QED) is 0.402. The zero-order valence-corrected chi connectivity index (χ0v) is 19.6. The fourth-order valence-electron chi connectivity index (χ4n) is 3.65. The number of aromatic hydroxyl groups is 1. The molecule has 0 fully saturated rings. The van der Waals surface area contributed by atoms with Crippen LogP contribution in [0.4, 0.5) is 0 Å². The second-order valence-electron chi connectivity index (χ2n) is 6.94. The van der Waals surface area contributed by atoms with Crippen LogP contribution in [0.25, 0.3) is 22.0 Å². The van der Waals surface area contributed by atoms with Gasteiger partial charge in [0, 0.05) is 22.7 Å². The monoisotopic (exact) mass is 488 g/mol. The standard InChI is InChI=1S/C23H21ClN2O6S/c1-4-32-22-16(6-5-11-25-22)21-17-12-14(24)7-9-18(17)26(23(21)27)33(28,29)20-10-8-15(30-2)13-19(20)31-3/h5-13,27H,4H2,1-3H3. The van der Waals surface area contributed by atoms with E-state index >= 15 is 0 Å². The van der Waals surface area contributed by atoms with Crippen molar-refractivity contribution in [3.8, 4) is 34.4 Å². The summed E-state index contributed by atoms with van der Waals surface area (Å²) in [6.07, 6.45) is 1.55. The lowest BCUT2D eigenvalue weighted by atomic mass is 10.1. The predicted molar refractivity (Wildman–Crippen MR) is 125 cm³/mol. The molecule has 0 radical (unpaired) electrons. The summed E-state index contributed by atoms with van der Waals surface area (Å²) in [6.45, 7) is 2.14. The van der Waals surface area contributed by atoms with E-state index in [-0.39, 0.29) is 27.6 Å². The summed E-state index contributed by atoms with van der Waals surface area (Å²) in [5.41, 5.74) is 0.899. The van der Waals surface area contributed by atoms with Crippen molar-refractivity contribution in [3.63, 3.8) is 0 Å². The Labute approximate surface area is 196 Å². The minimum absolute atomic E-state index is 0.0718. The molecule has 2 aromatic heterocycles. The fraction of sp³-hybridized carbons (Fsp3) is 0.174. The molecule has 2 heterocycles. The highest BCUT2D eigenvalue weighted by molar-refractivity contribution is 7.90. The zero-order chi connectivity index (χ0) is 23.8. The van der Waals surface area contributed by atoms with Gasteiger partial charge in [-0.25, -0.2) is 17.4 Å². The second-order valence-corrected chi connectivity index (χ2v) is 9.13. The Hall–Kier alpha value is -3.43. The van der Waals surface area contributed by atoms with Crippen LogP contribution < -0.4 is 14.2 Å². The van der Waals surface area contributed by atoms with Gasteiger partial charge < -0.3 is 19.3 Å². The van der Waals surface area contributed by atoms with Crippen molar-refractivity contribution < 1.29 is 27.7 Å². The highest BCUT2D eigenvalue weighted by atomic mass is 35.5. The molecule has 0 aliphatic heterocycles. The summed E-state index contributed by atoms with van der Waals surface area (Å²) in [6, 6.07) is 12.4. The van der Waals surface area contributed by atoms with E-state index in [1.165, 1.54) is 38.5 Å². The third-order valence-corrected chi connectivity index (χ3v) is 7.05. The van der Waals surface area contributed by atoms with Crippen LogP contribution in [0.5, 0.6) is 23.3 Å². The number of hydrogen-bond acceptors (Lipinski definition) is 7. The number of halogens is 1. The number of methoxy groups -OCH3 is 2. The Morgan fingerprint density at radius 2 is 1.88 bits per heavy atom. The molecule has 33 heavy (non-hydrogen) atoms. The molecule has 0 saturated carbocycles. The van der Waals surface area contributed by atoms with Gasteiger partial charge in [-0.15, -0.1) is 0 Å². The number of rotatable bonds is 7. The Bertz CT molecular complexity index is 1450. The molecule has 0 atom stereocenters. The fourth-order valence-corrected chi connectivity index (χ4v) is 5.39. The van der Waals surface area contributed by atoms with Gasteiger partial charge in [0.1, 0.15) is 16.4 Å². The normalized spacial score (nSPS) is 11.5. The highest BCUT2D eigenvalue weighted by Crippen LogP contribution is 2.45. The number of nitrogens with zero attached hydrogens (tertiary/aromatic N) is 2. The summed E-state index contributed by atoms with van der Waals surface area (Å²) >= 11 is 6.23. The van der Waals surface area contributed by atoms with Crippen molar-refractivity contribution >= 4 is 32.5 Å². The van der Waals surface area contributed by atoms with E-state index in [1.807, 2.05) is 0 Å². The molecule has 0 aliphatic carbocycles. The topological polar surface area (TPSA) is 99.9 Å². The van der Waals surface area contributed by atoms with E-state index in [1.54, 1.807) is 37.4 Å². The van der Waals surface area contributed by atoms with E-state index < -0.39 is 15.9 Å². The third kappa shape index (κ3) is 3.83. The summed E-state index contributed by atoms with van der Waals surface area (Å²) in [7, 11) is -1.48. The lowest BCUT2D eigenvalue weighted by Gasteiger charge is -2.14. The largest absolute Gasteiger partial charge is 0.497 e. The van der Waals surface area contributed by atoms with Gasteiger partial charge >= 0.3 is 0 Å². The summed E-state index contributed by atoms with van der Waals surface area (Å²) < 4.78 is 44.5. The van der Waals surface area contributed by atoms with Crippen LogP contribution in [0.1, 0.15) is 6.92 Å². The van der Waals surface area contributed by atoms with Crippen LogP contribution in [-0.2, 0) is 10.0 Å². The van der Waals surface area contributed by atoms with Gasteiger partial charge in [-0.05, 0) is 49.4 Å². The number of fused-ring (bicyclic) bond motifs is 1. The van der Waals surface area contributed by atoms with Gasteiger partial charge in [-0.2, -0.15) is 0 Å². The SMILES string of the molecule is CCOc1ncccc1-c1c(O)n(S(=O)(=O)c2ccc(OC)cc2OC)c2ccc(Cl)cc12. The molecule has 0 saturated heterocycles. The second kappa shape index (κ2) is 8.84. The highest BCUT2D eigenvalue weighted by Gasteiger charge is 2.31. The van der Waals surface area contributed by atoms with Gasteiger partial charge in [0.25, 0.3) is 10.0 Å². The first-order valence-electron chi connectivity index (χ1n) is 9.92. The van der Waals surface area contributed by atoms with Gasteiger partial charge in [0.15, 0.2) is 0 Å². The predicted octanol–water partition coefficient (Wildman–Crippen LogP) is 4.72. The maximum absolute atomic E-state index is 13.8. The maximum atomic E-state index is 13.8. The zero-order valence-electron chi connectivity index (χ0n) is 18.1. The molecule has 8 nitrogen and oxygen atoms in total. The first-order valence-corrected chi connectivity index (χ1v) is 11.7. The molecule has 2 aromatic carbocycles. The molecule has 1 N–H and O–H groups in total. The molecule has 4 aromatic rings. The number of benzene rings is 2. The van der Waals surface area contributed by atoms with Gasteiger partial charge in [0.2, 0.25) is 11.8 Å². The molecular formula is C23H21ClN2O6S. The van der Waals surface area contributed by atoms with E-state index in [9.17, 15) is 13.5 Å². The van der Waals surface area contributed by atoms with Crippen molar-refractivity contribution in [2.24, 2.45) is 0 Å². The van der Waals surface area contributed by atoms with E-state index in [2.05, 4.69) is 4.98 Å². The molecule has 4 rings (SSSR count). The summed E-state index contributed by atoms with van der Waals surface area (Å²) in [4.78, 5) is 4.09. The van der Waals surface area contributed by atoms with Gasteiger partial charge in [0.05, 0.1) is 37.5 Å². The Morgan fingerprint density at radius 3 is 2.58 bits per heavy atom. The number of aromatic nitrogens is 2. The van der Waals surface area contributed by atoms with Crippen LogP contribution in [0.2, 0.25) is 5.02 Å². The van der Waals surface area contributed by atoms with Crippen LogP contribution in [0.15, 0.2) is 59.6 Å². The van der Waals surface area contributed by atoms with Crippen molar-refractivity contribution in [1.82, 2.24) is 8.96 Å².